The van der Waals surface area contributed by atoms with E-state index in [4.69, 9.17) is 9.88 Å². The largest absolute Gasteiger partial charge is 0.496 e. The molecule has 0 saturated carbocycles. The molecule has 22 heavy (non-hydrogen) atoms. The zero-order valence-corrected chi connectivity index (χ0v) is 15.8. The molecule has 0 saturated heterocycles. The minimum absolute atomic E-state index is 0.188. The number of aromatic nitrogens is 3. The van der Waals surface area contributed by atoms with Gasteiger partial charge in [0.25, 0.3) is 10.0 Å². The number of primary sulfonamides is 1. The van der Waals surface area contributed by atoms with E-state index in [1.165, 1.54) is 4.52 Å². The van der Waals surface area contributed by atoms with Gasteiger partial charge in [-0.3, -0.25) is 0 Å². The van der Waals surface area contributed by atoms with E-state index in [1.54, 1.807) is 7.11 Å². The molecule has 2 N–H and O–H groups in total. The van der Waals surface area contributed by atoms with E-state index in [2.05, 4.69) is 41.9 Å². The first kappa shape index (κ1) is 15.9. The van der Waals surface area contributed by atoms with Crippen LogP contribution in [-0.4, -0.2) is 30.1 Å². The van der Waals surface area contributed by atoms with Crippen LogP contribution in [0.3, 0.4) is 0 Å². The summed E-state index contributed by atoms with van der Waals surface area (Å²) in [5.41, 5.74) is 1.41. The summed E-state index contributed by atoms with van der Waals surface area (Å²) in [6.45, 7) is 0. The minimum atomic E-state index is -3.85. The average Bonchev–Trinajstić information content (AvgIpc) is 2.99. The standard InChI is InChI=1S/C11H8Br2N4O3S2/c1-20-6-4-2-3-5(7(6)12)8-9(13)17-10(15-8)21-11(16-17)22(14,18)19/h2-4H,1H3,(H2,14,18,19). The van der Waals surface area contributed by atoms with Gasteiger partial charge in [-0.2, -0.15) is 4.52 Å². The molecular formula is C11H8Br2N4O3S2. The van der Waals surface area contributed by atoms with E-state index >= 15 is 0 Å². The molecule has 7 nitrogen and oxygen atoms in total. The van der Waals surface area contributed by atoms with Crippen LogP contribution in [0.5, 0.6) is 5.75 Å². The molecule has 2 heterocycles. The fourth-order valence-corrected chi connectivity index (χ4v) is 4.64. The number of fused-ring (bicyclic) bond motifs is 1. The quantitative estimate of drug-likeness (QED) is 0.638. The van der Waals surface area contributed by atoms with Crippen molar-refractivity contribution in [1.29, 1.82) is 0 Å². The first-order chi connectivity index (χ1) is 10.3. The molecule has 11 heteroatoms. The van der Waals surface area contributed by atoms with Gasteiger partial charge >= 0.3 is 0 Å². The zero-order valence-electron chi connectivity index (χ0n) is 10.9. The van der Waals surface area contributed by atoms with Crippen LogP contribution in [0, 0.1) is 0 Å². The molecule has 0 unspecified atom stereocenters. The van der Waals surface area contributed by atoms with Crippen molar-refractivity contribution in [3.63, 3.8) is 0 Å². The van der Waals surface area contributed by atoms with Gasteiger partial charge in [0.1, 0.15) is 16.0 Å². The van der Waals surface area contributed by atoms with Crippen molar-refractivity contribution in [1.82, 2.24) is 14.6 Å². The predicted molar refractivity (Wildman–Crippen MR) is 89.6 cm³/mol. The molecule has 0 aliphatic rings. The summed E-state index contributed by atoms with van der Waals surface area (Å²) in [4.78, 5) is 4.84. The lowest BCUT2D eigenvalue weighted by molar-refractivity contribution is 0.412. The van der Waals surface area contributed by atoms with Crippen molar-refractivity contribution in [3.8, 4) is 17.0 Å². The Hall–Kier alpha value is -1.01. The second-order valence-electron chi connectivity index (χ2n) is 4.18. The van der Waals surface area contributed by atoms with E-state index < -0.39 is 10.0 Å². The lowest BCUT2D eigenvalue weighted by Gasteiger charge is -2.07. The summed E-state index contributed by atoms with van der Waals surface area (Å²) in [5.74, 6) is 0.666. The topological polar surface area (TPSA) is 99.6 Å². The number of hydrogen-bond donors (Lipinski definition) is 1. The Morgan fingerprint density at radius 2 is 2.09 bits per heavy atom. The Kier molecular flexibility index (Phi) is 4.01. The van der Waals surface area contributed by atoms with E-state index in [-0.39, 0.29) is 4.34 Å². The van der Waals surface area contributed by atoms with E-state index in [0.717, 1.165) is 21.4 Å². The summed E-state index contributed by atoms with van der Waals surface area (Å²) in [6.07, 6.45) is 0. The van der Waals surface area contributed by atoms with Crippen molar-refractivity contribution >= 4 is 58.2 Å². The van der Waals surface area contributed by atoms with E-state index in [0.29, 0.717) is 21.0 Å². The molecule has 0 spiro atoms. The molecule has 0 atom stereocenters. The fraction of sp³-hybridized carbons (Fsp3) is 0.0909. The van der Waals surface area contributed by atoms with Crippen LogP contribution in [0.1, 0.15) is 0 Å². The summed E-state index contributed by atoms with van der Waals surface area (Å²) < 4.78 is 30.4. The highest BCUT2D eigenvalue weighted by molar-refractivity contribution is 9.11. The van der Waals surface area contributed by atoms with Gasteiger partial charge in [0, 0.05) is 5.56 Å². The van der Waals surface area contributed by atoms with Crippen molar-refractivity contribution in [3.05, 3.63) is 27.3 Å². The number of rotatable bonds is 3. The number of sulfonamides is 1. The SMILES string of the molecule is COc1cccc(-c2nc3sc(S(N)(=O)=O)nn3c2Br)c1Br. The first-order valence-electron chi connectivity index (χ1n) is 5.73. The third-order valence-corrected chi connectivity index (χ3v) is 6.56. The maximum atomic E-state index is 11.3. The van der Waals surface area contributed by atoms with Gasteiger partial charge in [-0.05, 0) is 37.9 Å². The van der Waals surface area contributed by atoms with Gasteiger partial charge in [0.15, 0.2) is 0 Å². The number of halogens is 2. The van der Waals surface area contributed by atoms with Crippen molar-refractivity contribution in [2.45, 2.75) is 4.34 Å². The Labute approximate surface area is 146 Å². The molecule has 0 aliphatic heterocycles. The number of ether oxygens (including phenoxy) is 1. The highest BCUT2D eigenvalue weighted by Gasteiger charge is 2.22. The summed E-state index contributed by atoms with van der Waals surface area (Å²) >= 11 is 7.77. The average molecular weight is 468 g/mol. The zero-order chi connectivity index (χ0) is 16.1. The predicted octanol–water partition coefficient (Wildman–Crippen LogP) is 2.64. The number of nitrogens with two attached hydrogens (primary N) is 1. The number of nitrogens with zero attached hydrogens (tertiary/aromatic N) is 3. The van der Waals surface area contributed by atoms with Crippen LogP contribution in [0.2, 0.25) is 0 Å². The molecule has 0 radical (unpaired) electrons. The Balaban J connectivity index is 2.22. The highest BCUT2D eigenvalue weighted by atomic mass is 79.9. The van der Waals surface area contributed by atoms with Crippen LogP contribution in [0.15, 0.2) is 31.6 Å². The van der Waals surface area contributed by atoms with Gasteiger partial charge in [-0.15, -0.1) is 5.10 Å². The van der Waals surface area contributed by atoms with Crippen LogP contribution in [0.25, 0.3) is 16.2 Å². The first-order valence-corrected chi connectivity index (χ1v) is 9.68. The smallest absolute Gasteiger partial charge is 0.267 e. The second kappa shape index (κ2) is 5.57. The van der Waals surface area contributed by atoms with Crippen molar-refractivity contribution in [2.24, 2.45) is 5.14 Å². The molecule has 3 rings (SSSR count). The Morgan fingerprint density at radius 1 is 1.36 bits per heavy atom. The van der Waals surface area contributed by atoms with Gasteiger partial charge < -0.3 is 4.74 Å². The van der Waals surface area contributed by atoms with E-state index in [1.807, 2.05) is 18.2 Å². The van der Waals surface area contributed by atoms with Gasteiger partial charge in [0.2, 0.25) is 9.30 Å². The highest BCUT2D eigenvalue weighted by Crippen LogP contribution is 2.39. The third kappa shape index (κ3) is 2.56. The van der Waals surface area contributed by atoms with Crippen molar-refractivity contribution in [2.75, 3.05) is 7.11 Å². The Bertz CT molecular complexity index is 981. The molecule has 116 valence electrons. The van der Waals surface area contributed by atoms with Crippen molar-refractivity contribution < 1.29 is 13.2 Å². The molecule has 1 aromatic carbocycles. The number of methoxy groups -OCH3 is 1. The second-order valence-corrected chi connectivity index (χ2v) is 8.42. The fourth-order valence-electron chi connectivity index (χ4n) is 1.84. The number of imidazole rings is 1. The van der Waals surface area contributed by atoms with E-state index in [9.17, 15) is 8.42 Å². The number of benzene rings is 1. The molecule has 3 aromatic rings. The number of hydrogen-bond acceptors (Lipinski definition) is 6. The Morgan fingerprint density at radius 3 is 2.68 bits per heavy atom. The third-order valence-electron chi connectivity index (χ3n) is 2.81. The maximum Gasteiger partial charge on any atom is 0.267 e. The van der Waals surface area contributed by atoms with Gasteiger partial charge in [-0.1, -0.05) is 23.5 Å². The normalized spacial score (nSPS) is 12.0. The molecule has 0 fully saturated rings. The van der Waals surface area contributed by atoms with Crippen LogP contribution >= 0.6 is 43.2 Å². The summed E-state index contributed by atoms with van der Waals surface area (Å²) in [5, 5.41) is 9.05. The molecule has 0 amide bonds. The minimum Gasteiger partial charge on any atom is -0.496 e. The molecule has 2 aromatic heterocycles. The molecular weight excluding hydrogens is 460 g/mol. The maximum absolute atomic E-state index is 11.3. The molecule has 0 aliphatic carbocycles. The lowest BCUT2D eigenvalue weighted by Crippen LogP contribution is -2.12. The molecule has 0 bridgehead atoms. The van der Waals surface area contributed by atoms with Gasteiger partial charge in [0.05, 0.1) is 11.6 Å². The van der Waals surface area contributed by atoms with Gasteiger partial charge in [-0.25, -0.2) is 18.5 Å². The summed E-state index contributed by atoms with van der Waals surface area (Å²) in [6, 6.07) is 5.52. The summed E-state index contributed by atoms with van der Waals surface area (Å²) in [7, 11) is -2.28. The lowest BCUT2D eigenvalue weighted by atomic mass is 10.1. The monoisotopic (exact) mass is 466 g/mol. The van der Waals surface area contributed by atoms with Crippen LogP contribution < -0.4 is 9.88 Å². The van der Waals surface area contributed by atoms with Crippen LogP contribution in [0.4, 0.5) is 0 Å². The van der Waals surface area contributed by atoms with Crippen LogP contribution in [-0.2, 0) is 10.0 Å².